The van der Waals surface area contributed by atoms with Crippen LogP contribution >= 0.6 is 0 Å². The van der Waals surface area contributed by atoms with Gasteiger partial charge >= 0.3 is 7.32 Å². The molecule has 4 heteroatoms. The van der Waals surface area contributed by atoms with Gasteiger partial charge in [0.25, 0.3) is 0 Å². The van der Waals surface area contributed by atoms with Gasteiger partial charge in [-0.15, -0.1) is 0 Å². The molecule has 0 unspecified atom stereocenters. The van der Waals surface area contributed by atoms with Crippen LogP contribution in [0.3, 0.4) is 0 Å². The molecule has 0 heterocycles. The standard InChI is InChI=1S/C15H33BO3/c1-2-3-4-5-6-7-8-9-10-11-12-13-14-15-19-16(17)18/h17-18H,2-15H2,1H3. The molecule has 0 fully saturated rings. The van der Waals surface area contributed by atoms with E-state index < -0.39 is 7.32 Å². The summed E-state index contributed by atoms with van der Waals surface area (Å²) in [6, 6.07) is 0. The van der Waals surface area contributed by atoms with Gasteiger partial charge in [-0.25, -0.2) is 0 Å². The minimum absolute atomic E-state index is 0.454. The van der Waals surface area contributed by atoms with Gasteiger partial charge in [-0.05, 0) is 6.42 Å². The van der Waals surface area contributed by atoms with Gasteiger partial charge in [-0.1, -0.05) is 84.0 Å². The van der Waals surface area contributed by atoms with Crippen molar-refractivity contribution in [2.75, 3.05) is 6.61 Å². The summed E-state index contributed by atoms with van der Waals surface area (Å²) in [4.78, 5) is 0. The van der Waals surface area contributed by atoms with E-state index in [-0.39, 0.29) is 0 Å². The maximum absolute atomic E-state index is 8.48. The van der Waals surface area contributed by atoms with Crippen LogP contribution in [0.25, 0.3) is 0 Å². The molecular formula is C15H33BO3. The molecule has 19 heavy (non-hydrogen) atoms. The van der Waals surface area contributed by atoms with Crippen molar-refractivity contribution in [1.29, 1.82) is 0 Å². The molecule has 0 saturated carbocycles. The monoisotopic (exact) mass is 272 g/mol. The van der Waals surface area contributed by atoms with Crippen molar-refractivity contribution in [3.63, 3.8) is 0 Å². The molecule has 0 spiro atoms. The molecule has 0 atom stereocenters. The van der Waals surface area contributed by atoms with Gasteiger partial charge in [-0.2, -0.15) is 0 Å². The fourth-order valence-electron chi connectivity index (χ4n) is 2.31. The fraction of sp³-hybridized carbons (Fsp3) is 1.00. The summed E-state index contributed by atoms with van der Waals surface area (Å²) in [5, 5.41) is 17.0. The summed E-state index contributed by atoms with van der Waals surface area (Å²) in [6.07, 6.45) is 17.1. The first-order valence-corrected chi connectivity index (χ1v) is 8.25. The molecule has 0 radical (unpaired) electrons. The maximum Gasteiger partial charge on any atom is 0.633 e. The molecule has 0 aliphatic heterocycles. The van der Waals surface area contributed by atoms with Gasteiger partial charge in [0.2, 0.25) is 0 Å². The molecule has 0 aliphatic carbocycles. The molecule has 0 aromatic heterocycles. The molecular weight excluding hydrogens is 239 g/mol. The second kappa shape index (κ2) is 16.0. The fourth-order valence-corrected chi connectivity index (χ4v) is 2.31. The van der Waals surface area contributed by atoms with E-state index in [1.54, 1.807) is 0 Å². The highest BCUT2D eigenvalue weighted by molar-refractivity contribution is 6.32. The quantitative estimate of drug-likeness (QED) is 0.349. The summed E-state index contributed by atoms with van der Waals surface area (Å²) >= 11 is 0. The zero-order valence-electron chi connectivity index (χ0n) is 12.8. The first-order chi connectivity index (χ1) is 9.27. The van der Waals surface area contributed by atoms with E-state index in [0.717, 1.165) is 12.8 Å². The Morgan fingerprint density at radius 3 is 1.37 bits per heavy atom. The van der Waals surface area contributed by atoms with Crippen LogP contribution in [0.15, 0.2) is 0 Å². The van der Waals surface area contributed by atoms with Crippen molar-refractivity contribution >= 4 is 7.32 Å². The van der Waals surface area contributed by atoms with Gasteiger partial charge in [0.05, 0.1) is 0 Å². The molecule has 0 amide bonds. The molecule has 0 saturated heterocycles. The zero-order chi connectivity index (χ0) is 14.2. The number of unbranched alkanes of at least 4 members (excludes halogenated alkanes) is 12. The highest BCUT2D eigenvalue weighted by Gasteiger charge is 2.06. The maximum atomic E-state index is 8.48. The Labute approximate surface area is 119 Å². The van der Waals surface area contributed by atoms with Crippen LogP contribution in [0, 0.1) is 0 Å². The predicted octanol–water partition coefficient (Wildman–Crippen LogP) is 4.06. The first kappa shape index (κ1) is 18.9. The normalized spacial score (nSPS) is 10.9. The Balaban J connectivity index is 2.91. The smallest absolute Gasteiger partial charge is 0.402 e. The molecule has 0 bridgehead atoms. The van der Waals surface area contributed by atoms with E-state index >= 15 is 0 Å². The van der Waals surface area contributed by atoms with Gasteiger partial charge in [0, 0.05) is 6.61 Å². The molecule has 0 aromatic rings. The largest absolute Gasteiger partial charge is 0.633 e. The van der Waals surface area contributed by atoms with Gasteiger partial charge in [0.1, 0.15) is 0 Å². The summed E-state index contributed by atoms with van der Waals surface area (Å²) < 4.78 is 4.65. The topological polar surface area (TPSA) is 49.7 Å². The van der Waals surface area contributed by atoms with Crippen molar-refractivity contribution in [1.82, 2.24) is 0 Å². The Bertz CT molecular complexity index is 165. The third kappa shape index (κ3) is 17.9. The van der Waals surface area contributed by atoms with E-state index in [4.69, 9.17) is 10.0 Å². The molecule has 0 rings (SSSR count). The van der Waals surface area contributed by atoms with Crippen LogP contribution in [-0.2, 0) is 4.65 Å². The van der Waals surface area contributed by atoms with Crippen LogP contribution in [0.1, 0.15) is 90.4 Å². The van der Waals surface area contributed by atoms with Crippen molar-refractivity contribution in [2.24, 2.45) is 0 Å². The number of hydrogen-bond donors (Lipinski definition) is 2. The Kier molecular flexibility index (Phi) is 16.0. The number of rotatable bonds is 15. The van der Waals surface area contributed by atoms with E-state index in [2.05, 4.69) is 11.6 Å². The Hall–Kier alpha value is -0.0551. The summed E-state index contributed by atoms with van der Waals surface area (Å²) in [5.74, 6) is 0. The van der Waals surface area contributed by atoms with Crippen LogP contribution in [0.4, 0.5) is 0 Å². The highest BCUT2D eigenvalue weighted by Crippen LogP contribution is 2.12. The second-order valence-corrected chi connectivity index (χ2v) is 5.44. The minimum atomic E-state index is -1.60. The highest BCUT2D eigenvalue weighted by atomic mass is 16.6. The van der Waals surface area contributed by atoms with Crippen LogP contribution in [-0.4, -0.2) is 24.0 Å². The SMILES string of the molecule is CCCCCCCCCCCCCCCOB(O)O. The van der Waals surface area contributed by atoms with Crippen molar-refractivity contribution < 1.29 is 14.7 Å². The lowest BCUT2D eigenvalue weighted by Gasteiger charge is -2.03. The van der Waals surface area contributed by atoms with Crippen LogP contribution < -0.4 is 0 Å². The predicted molar refractivity (Wildman–Crippen MR) is 81.8 cm³/mol. The van der Waals surface area contributed by atoms with Crippen molar-refractivity contribution in [2.45, 2.75) is 90.4 Å². The summed E-state index contributed by atoms with van der Waals surface area (Å²) in [6.45, 7) is 2.72. The van der Waals surface area contributed by atoms with Gasteiger partial charge < -0.3 is 14.7 Å². The lowest BCUT2D eigenvalue weighted by molar-refractivity contribution is 0.182. The van der Waals surface area contributed by atoms with E-state index in [1.807, 2.05) is 0 Å². The third-order valence-electron chi connectivity index (χ3n) is 3.51. The average Bonchev–Trinajstić information content (AvgIpc) is 2.39. The lowest BCUT2D eigenvalue weighted by Crippen LogP contribution is -2.17. The Morgan fingerprint density at radius 1 is 0.632 bits per heavy atom. The molecule has 3 nitrogen and oxygen atoms in total. The molecule has 0 aromatic carbocycles. The molecule has 0 aliphatic rings. The van der Waals surface area contributed by atoms with Crippen molar-refractivity contribution in [3.05, 3.63) is 0 Å². The van der Waals surface area contributed by atoms with E-state index in [1.165, 1.54) is 70.6 Å². The summed E-state index contributed by atoms with van der Waals surface area (Å²) in [7, 11) is -1.60. The van der Waals surface area contributed by atoms with Gasteiger partial charge in [0.15, 0.2) is 0 Å². The van der Waals surface area contributed by atoms with Crippen molar-refractivity contribution in [3.8, 4) is 0 Å². The van der Waals surface area contributed by atoms with Crippen LogP contribution in [0.2, 0.25) is 0 Å². The van der Waals surface area contributed by atoms with E-state index in [9.17, 15) is 0 Å². The second-order valence-electron chi connectivity index (χ2n) is 5.44. The Morgan fingerprint density at radius 2 is 1.00 bits per heavy atom. The third-order valence-corrected chi connectivity index (χ3v) is 3.51. The molecule has 2 N–H and O–H groups in total. The average molecular weight is 272 g/mol. The zero-order valence-corrected chi connectivity index (χ0v) is 12.8. The number of hydrogen-bond acceptors (Lipinski definition) is 3. The first-order valence-electron chi connectivity index (χ1n) is 8.25. The van der Waals surface area contributed by atoms with Crippen LogP contribution in [0.5, 0.6) is 0 Å². The van der Waals surface area contributed by atoms with E-state index in [0.29, 0.717) is 6.61 Å². The minimum Gasteiger partial charge on any atom is -0.402 e. The molecule has 114 valence electrons. The summed E-state index contributed by atoms with van der Waals surface area (Å²) in [5.41, 5.74) is 0. The van der Waals surface area contributed by atoms with Gasteiger partial charge in [-0.3, -0.25) is 0 Å². The lowest BCUT2D eigenvalue weighted by atomic mass is 10.0.